The van der Waals surface area contributed by atoms with Crippen molar-refractivity contribution >= 4 is 18.5 Å². The number of nitrogens with two attached hydrogens (primary N) is 1. The number of nitrogens with zero attached hydrogens (tertiary/aromatic N) is 4. The average molecular weight is 387 g/mol. The zero-order chi connectivity index (χ0) is 19.9. The molecule has 1 atom stereocenters. The van der Waals surface area contributed by atoms with E-state index in [2.05, 4.69) is 37.5 Å². The average Bonchev–Trinajstić information content (AvgIpc) is 3.34. The third-order valence-electron chi connectivity index (χ3n) is 6.75. The minimum Gasteiger partial charge on any atom is -0.399 e. The quantitative estimate of drug-likeness (QED) is 0.704. The lowest BCUT2D eigenvalue weighted by molar-refractivity contribution is 0.00578. The van der Waals surface area contributed by atoms with Gasteiger partial charge < -0.3 is 19.9 Å². The lowest BCUT2D eigenvalue weighted by Gasteiger charge is -2.32. The largest absolute Gasteiger partial charge is 0.498 e. The van der Waals surface area contributed by atoms with Crippen LogP contribution in [0, 0.1) is 0 Å². The predicted octanol–water partition coefficient (Wildman–Crippen LogP) is 1.17. The van der Waals surface area contributed by atoms with E-state index in [0.717, 1.165) is 37.6 Å². The van der Waals surface area contributed by atoms with Crippen molar-refractivity contribution in [2.75, 3.05) is 31.1 Å². The monoisotopic (exact) mass is 387 g/mol. The molecular formula is C20H34BN5O2. The predicted molar refractivity (Wildman–Crippen MR) is 112 cm³/mol. The molecule has 2 N–H and O–H groups in total. The molecule has 3 heterocycles. The molecule has 4 rings (SSSR count). The molecule has 1 aromatic heterocycles. The molecule has 8 heteroatoms. The number of likely N-dealkylation sites (tertiary alicyclic amines) is 1. The van der Waals surface area contributed by atoms with Gasteiger partial charge in [-0.05, 0) is 59.9 Å². The summed E-state index contributed by atoms with van der Waals surface area (Å²) in [5.74, 6) is 0.822. The molecule has 2 aliphatic heterocycles. The molecule has 3 aliphatic rings. The van der Waals surface area contributed by atoms with Gasteiger partial charge >= 0.3 is 7.12 Å². The van der Waals surface area contributed by atoms with E-state index in [9.17, 15) is 0 Å². The Morgan fingerprint density at radius 1 is 1.14 bits per heavy atom. The minimum absolute atomic E-state index is 0.356. The van der Waals surface area contributed by atoms with Crippen molar-refractivity contribution in [2.24, 2.45) is 5.73 Å². The molecule has 0 aromatic carbocycles. The zero-order valence-electron chi connectivity index (χ0n) is 17.7. The first-order chi connectivity index (χ1) is 13.3. The summed E-state index contributed by atoms with van der Waals surface area (Å²) in [4.78, 5) is 14.3. The van der Waals surface area contributed by atoms with Gasteiger partial charge in [0.25, 0.3) is 0 Å². The van der Waals surface area contributed by atoms with Crippen LogP contribution in [0.2, 0.25) is 0 Å². The molecule has 0 bridgehead atoms. The van der Waals surface area contributed by atoms with E-state index in [1.165, 1.54) is 25.7 Å². The molecule has 7 nitrogen and oxygen atoms in total. The van der Waals surface area contributed by atoms with E-state index in [-0.39, 0.29) is 11.2 Å². The molecule has 2 saturated heterocycles. The minimum atomic E-state index is -0.414. The van der Waals surface area contributed by atoms with Gasteiger partial charge in [0.1, 0.15) is 0 Å². The van der Waals surface area contributed by atoms with Crippen molar-refractivity contribution in [2.45, 2.75) is 76.7 Å². The molecule has 1 saturated carbocycles. The second-order valence-corrected chi connectivity index (χ2v) is 9.41. The van der Waals surface area contributed by atoms with Crippen LogP contribution in [0.3, 0.4) is 0 Å². The van der Waals surface area contributed by atoms with Gasteiger partial charge in [-0.2, -0.15) is 0 Å². The van der Waals surface area contributed by atoms with Crippen LogP contribution in [-0.4, -0.2) is 71.5 Å². The third kappa shape index (κ3) is 3.92. The molecule has 1 aromatic rings. The number of anilines is 1. The van der Waals surface area contributed by atoms with E-state index in [1.807, 2.05) is 12.4 Å². The third-order valence-corrected chi connectivity index (χ3v) is 6.75. The molecule has 28 heavy (non-hydrogen) atoms. The van der Waals surface area contributed by atoms with Crippen LogP contribution in [0.5, 0.6) is 0 Å². The summed E-state index contributed by atoms with van der Waals surface area (Å²) >= 11 is 0. The summed E-state index contributed by atoms with van der Waals surface area (Å²) in [6.07, 6.45) is 8.68. The van der Waals surface area contributed by atoms with Crippen LogP contribution >= 0.6 is 0 Å². The Kier molecular flexibility index (Phi) is 5.42. The number of rotatable bonds is 7. The summed E-state index contributed by atoms with van der Waals surface area (Å²) in [5.41, 5.74) is 5.96. The fourth-order valence-electron chi connectivity index (χ4n) is 4.15. The summed E-state index contributed by atoms with van der Waals surface area (Å²) in [6, 6.07) is 1.12. The Labute approximate surface area is 169 Å². The maximum atomic E-state index is 6.12. The van der Waals surface area contributed by atoms with Gasteiger partial charge in [0.2, 0.25) is 5.95 Å². The zero-order valence-corrected chi connectivity index (χ0v) is 17.7. The highest BCUT2D eigenvalue weighted by Crippen LogP contribution is 2.36. The van der Waals surface area contributed by atoms with Gasteiger partial charge in [-0.3, -0.25) is 4.90 Å². The van der Waals surface area contributed by atoms with Crippen molar-refractivity contribution in [3.63, 3.8) is 0 Å². The Morgan fingerprint density at radius 3 is 2.36 bits per heavy atom. The van der Waals surface area contributed by atoms with Crippen molar-refractivity contribution in [3.05, 3.63) is 12.4 Å². The van der Waals surface area contributed by atoms with Crippen molar-refractivity contribution < 1.29 is 9.31 Å². The van der Waals surface area contributed by atoms with E-state index in [4.69, 9.17) is 25.0 Å². The summed E-state index contributed by atoms with van der Waals surface area (Å²) in [6.45, 7) is 12.1. The SMILES string of the molecule is CC1(C)OB(c2cnc(N(C[C@H]3CCCN3CCN)C3CC3)nc2)OC1(C)C. The molecule has 3 fully saturated rings. The van der Waals surface area contributed by atoms with E-state index in [0.29, 0.717) is 12.1 Å². The number of hydrogen-bond acceptors (Lipinski definition) is 7. The van der Waals surface area contributed by atoms with Crippen LogP contribution in [0.15, 0.2) is 12.4 Å². The van der Waals surface area contributed by atoms with E-state index < -0.39 is 7.12 Å². The normalized spacial score (nSPS) is 26.8. The smallest absolute Gasteiger partial charge is 0.399 e. The van der Waals surface area contributed by atoms with Gasteiger partial charge in [-0.1, -0.05) is 0 Å². The summed E-state index contributed by atoms with van der Waals surface area (Å²) < 4.78 is 12.2. The Morgan fingerprint density at radius 2 is 1.79 bits per heavy atom. The van der Waals surface area contributed by atoms with E-state index in [1.54, 1.807) is 0 Å². The Hall–Kier alpha value is -1.22. The summed E-state index contributed by atoms with van der Waals surface area (Å²) in [7, 11) is -0.414. The first-order valence-electron chi connectivity index (χ1n) is 10.7. The molecule has 1 aliphatic carbocycles. The highest BCUT2D eigenvalue weighted by Gasteiger charge is 2.52. The van der Waals surface area contributed by atoms with Crippen LogP contribution < -0.4 is 16.1 Å². The first-order valence-corrected chi connectivity index (χ1v) is 10.7. The van der Waals surface area contributed by atoms with Crippen LogP contribution in [0.25, 0.3) is 0 Å². The van der Waals surface area contributed by atoms with E-state index >= 15 is 0 Å². The first kappa shape index (κ1) is 20.1. The van der Waals surface area contributed by atoms with Crippen LogP contribution in [0.4, 0.5) is 5.95 Å². The van der Waals surface area contributed by atoms with Crippen molar-refractivity contribution in [1.29, 1.82) is 0 Å². The maximum absolute atomic E-state index is 6.12. The van der Waals surface area contributed by atoms with Crippen molar-refractivity contribution in [1.82, 2.24) is 14.9 Å². The fraction of sp³-hybridized carbons (Fsp3) is 0.800. The highest BCUT2D eigenvalue weighted by atomic mass is 16.7. The Bertz CT molecular complexity index is 664. The molecule has 0 spiro atoms. The fourth-order valence-corrected chi connectivity index (χ4v) is 4.15. The lowest BCUT2D eigenvalue weighted by Crippen LogP contribution is -2.44. The second-order valence-electron chi connectivity index (χ2n) is 9.41. The molecule has 0 amide bonds. The molecular weight excluding hydrogens is 353 g/mol. The van der Waals surface area contributed by atoms with Gasteiger partial charge in [0.05, 0.1) is 11.2 Å². The Balaban J connectivity index is 1.46. The van der Waals surface area contributed by atoms with Gasteiger partial charge in [-0.25, -0.2) is 9.97 Å². The van der Waals surface area contributed by atoms with Crippen LogP contribution in [-0.2, 0) is 9.31 Å². The topological polar surface area (TPSA) is 76.7 Å². The van der Waals surface area contributed by atoms with Gasteiger partial charge in [0.15, 0.2) is 0 Å². The highest BCUT2D eigenvalue weighted by molar-refractivity contribution is 6.61. The van der Waals surface area contributed by atoms with Crippen molar-refractivity contribution in [3.8, 4) is 0 Å². The van der Waals surface area contributed by atoms with Gasteiger partial charge in [0, 0.05) is 49.6 Å². The number of aromatic nitrogens is 2. The molecule has 0 radical (unpaired) electrons. The van der Waals surface area contributed by atoms with Crippen LogP contribution in [0.1, 0.15) is 53.4 Å². The lowest BCUT2D eigenvalue weighted by atomic mass is 9.81. The maximum Gasteiger partial charge on any atom is 0.498 e. The molecule has 0 unspecified atom stereocenters. The second kappa shape index (κ2) is 7.56. The number of hydrogen-bond donors (Lipinski definition) is 1. The standard InChI is InChI=1S/C20H34BN5O2/c1-19(2)20(3,4)28-21(27-19)15-12-23-18(24-13-15)26(16-7-8-16)14-17-6-5-10-25(17)11-9-22/h12-13,16-17H,5-11,14,22H2,1-4H3/t17-/m1/s1. The summed E-state index contributed by atoms with van der Waals surface area (Å²) in [5, 5.41) is 0. The van der Waals surface area contributed by atoms with Gasteiger partial charge in [-0.15, -0.1) is 0 Å². The molecule has 154 valence electrons.